The quantitative estimate of drug-likeness (QED) is 0.468. The molecular formula is C22H23N3O7S. The molecule has 3 heterocycles. The summed E-state index contributed by atoms with van der Waals surface area (Å²) in [4.78, 5) is 52.4. The molecule has 33 heavy (non-hydrogen) atoms. The zero-order valence-electron chi connectivity index (χ0n) is 18.4. The topological polar surface area (TPSA) is 123 Å². The normalized spacial score (nSPS) is 18.9. The Hall–Kier alpha value is -3.60. The Kier molecular flexibility index (Phi) is 5.98. The molecule has 0 bridgehead atoms. The van der Waals surface area contributed by atoms with E-state index in [9.17, 15) is 19.2 Å². The van der Waals surface area contributed by atoms with Gasteiger partial charge >= 0.3 is 12.0 Å². The summed E-state index contributed by atoms with van der Waals surface area (Å²) >= 11 is 1.25. The summed E-state index contributed by atoms with van der Waals surface area (Å²) in [6, 6.07) is 5.94. The van der Waals surface area contributed by atoms with Crippen LogP contribution >= 0.6 is 11.3 Å². The van der Waals surface area contributed by atoms with Crippen molar-refractivity contribution in [1.82, 2.24) is 10.2 Å². The summed E-state index contributed by atoms with van der Waals surface area (Å²) in [5, 5.41) is 5.62. The molecule has 2 aliphatic rings. The molecule has 10 nitrogen and oxygen atoms in total. The predicted molar refractivity (Wildman–Crippen MR) is 118 cm³/mol. The maximum Gasteiger partial charge on any atom is 0.341 e. The van der Waals surface area contributed by atoms with Crippen molar-refractivity contribution in [2.75, 3.05) is 25.3 Å². The van der Waals surface area contributed by atoms with E-state index in [0.717, 1.165) is 9.78 Å². The summed E-state index contributed by atoms with van der Waals surface area (Å²) in [5.74, 6) is -0.705. The number of esters is 1. The van der Waals surface area contributed by atoms with Crippen LogP contribution in [0.2, 0.25) is 0 Å². The zero-order valence-corrected chi connectivity index (χ0v) is 19.2. The molecular weight excluding hydrogens is 450 g/mol. The molecule has 0 spiro atoms. The first kappa shape index (κ1) is 22.6. The number of urea groups is 1. The Bertz CT molecular complexity index is 1150. The number of carbonyl (C=O) groups is 4. The van der Waals surface area contributed by atoms with Crippen molar-refractivity contribution in [3.63, 3.8) is 0 Å². The summed E-state index contributed by atoms with van der Waals surface area (Å²) in [5.41, 5.74) is -0.620. The van der Waals surface area contributed by atoms with Crippen molar-refractivity contribution in [2.45, 2.75) is 32.7 Å². The minimum atomic E-state index is -1.37. The number of fused-ring (bicyclic) bond motifs is 1. The SMILES string of the molecule is CCOC(=O)c1cc(CC)sc1NC(=O)CN1C(=O)N[C@](C)(c2ccc3c(c2)OCO3)C1=O. The fourth-order valence-electron chi connectivity index (χ4n) is 3.62. The fourth-order valence-corrected chi connectivity index (χ4v) is 4.62. The summed E-state index contributed by atoms with van der Waals surface area (Å²) in [7, 11) is 0. The molecule has 0 aliphatic carbocycles. The second-order valence-electron chi connectivity index (χ2n) is 7.59. The van der Waals surface area contributed by atoms with Crippen molar-refractivity contribution >= 4 is 40.2 Å². The number of hydrogen-bond acceptors (Lipinski definition) is 8. The number of anilines is 1. The van der Waals surface area contributed by atoms with Crippen molar-refractivity contribution < 1.29 is 33.4 Å². The van der Waals surface area contributed by atoms with Gasteiger partial charge in [-0.1, -0.05) is 13.0 Å². The highest BCUT2D eigenvalue weighted by atomic mass is 32.1. The Morgan fingerprint density at radius 3 is 2.70 bits per heavy atom. The first-order chi connectivity index (χ1) is 15.8. The lowest BCUT2D eigenvalue weighted by molar-refractivity contribution is -0.133. The van der Waals surface area contributed by atoms with Crippen LogP contribution in [0.15, 0.2) is 24.3 Å². The Balaban J connectivity index is 1.50. The number of ether oxygens (including phenoxy) is 3. The monoisotopic (exact) mass is 473 g/mol. The third-order valence-corrected chi connectivity index (χ3v) is 6.60. The van der Waals surface area contributed by atoms with Gasteiger partial charge in [0.25, 0.3) is 5.91 Å². The molecule has 2 aliphatic heterocycles. The Morgan fingerprint density at radius 1 is 1.21 bits per heavy atom. The van der Waals surface area contributed by atoms with Crippen molar-refractivity contribution in [3.05, 3.63) is 40.3 Å². The minimum absolute atomic E-state index is 0.0817. The molecule has 4 rings (SSSR count). The van der Waals surface area contributed by atoms with Crippen LogP contribution in [-0.2, 0) is 26.3 Å². The largest absolute Gasteiger partial charge is 0.462 e. The number of nitrogens with one attached hydrogen (secondary N) is 2. The van der Waals surface area contributed by atoms with Crippen LogP contribution in [0.5, 0.6) is 11.5 Å². The molecule has 174 valence electrons. The number of aryl methyl sites for hydroxylation is 1. The van der Waals surface area contributed by atoms with Gasteiger partial charge in [-0.05, 0) is 44.0 Å². The predicted octanol–water partition coefficient (Wildman–Crippen LogP) is 2.62. The molecule has 1 aromatic heterocycles. The first-order valence-corrected chi connectivity index (χ1v) is 11.2. The van der Waals surface area contributed by atoms with Gasteiger partial charge in [0, 0.05) is 4.88 Å². The molecule has 11 heteroatoms. The lowest BCUT2D eigenvalue weighted by Gasteiger charge is -2.22. The number of thiophene rings is 1. The van der Waals surface area contributed by atoms with Crippen LogP contribution in [0.1, 0.15) is 41.6 Å². The zero-order chi connectivity index (χ0) is 23.8. The van der Waals surface area contributed by atoms with Gasteiger partial charge in [-0.3, -0.25) is 14.5 Å². The van der Waals surface area contributed by atoms with Gasteiger partial charge < -0.3 is 24.8 Å². The maximum absolute atomic E-state index is 13.2. The number of nitrogens with zero attached hydrogens (tertiary/aromatic N) is 1. The van der Waals surface area contributed by atoms with Crippen molar-refractivity contribution in [1.29, 1.82) is 0 Å². The van der Waals surface area contributed by atoms with E-state index < -0.39 is 35.9 Å². The molecule has 0 saturated carbocycles. The highest BCUT2D eigenvalue weighted by Gasteiger charge is 2.50. The van der Waals surface area contributed by atoms with Crippen LogP contribution < -0.4 is 20.1 Å². The summed E-state index contributed by atoms with van der Waals surface area (Å²) in [6.45, 7) is 4.96. The lowest BCUT2D eigenvalue weighted by atomic mass is 9.91. The fraction of sp³-hybridized carbons (Fsp3) is 0.364. The van der Waals surface area contributed by atoms with Gasteiger partial charge in [0.2, 0.25) is 12.7 Å². The van der Waals surface area contributed by atoms with E-state index in [2.05, 4.69) is 10.6 Å². The minimum Gasteiger partial charge on any atom is -0.462 e. The van der Waals surface area contributed by atoms with Gasteiger partial charge in [0.15, 0.2) is 11.5 Å². The maximum atomic E-state index is 13.2. The highest BCUT2D eigenvalue weighted by molar-refractivity contribution is 7.16. The van der Waals surface area contributed by atoms with Crippen molar-refractivity contribution in [2.24, 2.45) is 0 Å². The van der Waals surface area contributed by atoms with E-state index in [1.54, 1.807) is 38.1 Å². The number of hydrogen-bond donors (Lipinski definition) is 2. The number of amides is 4. The molecule has 1 saturated heterocycles. The summed E-state index contributed by atoms with van der Waals surface area (Å²) in [6.07, 6.45) is 0.674. The van der Waals surface area contributed by atoms with Gasteiger partial charge in [0.1, 0.15) is 17.1 Å². The van der Waals surface area contributed by atoms with Crippen LogP contribution in [-0.4, -0.2) is 48.7 Å². The summed E-state index contributed by atoms with van der Waals surface area (Å²) < 4.78 is 15.7. The smallest absolute Gasteiger partial charge is 0.341 e. The van der Waals surface area contributed by atoms with Gasteiger partial charge in [-0.15, -0.1) is 11.3 Å². The first-order valence-electron chi connectivity index (χ1n) is 10.4. The van der Waals surface area contributed by atoms with Crippen LogP contribution in [0.4, 0.5) is 9.80 Å². The number of benzene rings is 1. The van der Waals surface area contributed by atoms with E-state index >= 15 is 0 Å². The van der Waals surface area contributed by atoms with Gasteiger partial charge in [-0.25, -0.2) is 9.59 Å². The molecule has 0 radical (unpaired) electrons. The van der Waals surface area contributed by atoms with E-state index in [1.165, 1.54) is 11.3 Å². The molecule has 2 aromatic rings. The van der Waals surface area contributed by atoms with Crippen LogP contribution in [0.3, 0.4) is 0 Å². The third-order valence-electron chi connectivity index (χ3n) is 5.41. The average molecular weight is 474 g/mol. The van der Waals surface area contributed by atoms with Gasteiger partial charge in [0.05, 0.1) is 12.2 Å². The standard InChI is InChI=1S/C22H23N3O7S/c1-4-13-9-14(19(27)30-5-2)18(33-13)23-17(26)10-25-20(28)22(3,24-21(25)29)12-6-7-15-16(8-12)32-11-31-15/h6-9H,4-5,10-11H2,1-3H3,(H,23,26)(H,24,29)/t22-/m1/s1. The van der Waals surface area contributed by atoms with Crippen LogP contribution in [0.25, 0.3) is 0 Å². The molecule has 2 N–H and O–H groups in total. The second kappa shape index (κ2) is 8.74. The molecule has 4 amide bonds. The van der Waals surface area contributed by atoms with E-state index in [0.29, 0.717) is 28.5 Å². The highest BCUT2D eigenvalue weighted by Crippen LogP contribution is 2.38. The van der Waals surface area contributed by atoms with Gasteiger partial charge in [-0.2, -0.15) is 0 Å². The number of carbonyl (C=O) groups excluding carboxylic acids is 4. The lowest BCUT2D eigenvalue weighted by Crippen LogP contribution is -2.42. The molecule has 1 atom stereocenters. The van der Waals surface area contributed by atoms with E-state index in [-0.39, 0.29) is 19.0 Å². The average Bonchev–Trinajstić information content (AvgIpc) is 3.47. The molecule has 1 aromatic carbocycles. The molecule has 1 fully saturated rings. The number of rotatable bonds is 7. The van der Waals surface area contributed by atoms with E-state index in [4.69, 9.17) is 14.2 Å². The molecule has 0 unspecified atom stereocenters. The second-order valence-corrected chi connectivity index (χ2v) is 8.73. The third kappa shape index (κ3) is 4.11. The van der Waals surface area contributed by atoms with Crippen LogP contribution in [0, 0.1) is 0 Å². The number of imide groups is 1. The van der Waals surface area contributed by atoms with E-state index in [1.807, 2.05) is 6.92 Å². The Morgan fingerprint density at radius 2 is 1.97 bits per heavy atom. The van der Waals surface area contributed by atoms with Crippen molar-refractivity contribution in [3.8, 4) is 11.5 Å². The Labute approximate surface area is 193 Å².